The third-order valence-corrected chi connectivity index (χ3v) is 7.87. The third kappa shape index (κ3) is 8.57. The standard InChI is InChI=1S/C23H28N2O3S3/c26-23(25(17-21-11-7-15-29-21)18-22-12-8-16-30-22)13-5-2-6-14-24-31(27,28)19-20-9-3-1-4-10-20/h1,3-4,7-12,15-16,24H,2,5-6,13-14,17-19H2. The number of thiophene rings is 2. The van der Waals surface area contributed by atoms with Crippen molar-refractivity contribution < 1.29 is 13.2 Å². The van der Waals surface area contributed by atoms with Crippen LogP contribution in [0, 0.1) is 0 Å². The molecular formula is C23H28N2O3S3. The van der Waals surface area contributed by atoms with Crippen LogP contribution >= 0.6 is 22.7 Å². The van der Waals surface area contributed by atoms with Crippen molar-refractivity contribution in [3.63, 3.8) is 0 Å². The van der Waals surface area contributed by atoms with E-state index >= 15 is 0 Å². The van der Waals surface area contributed by atoms with Gasteiger partial charge in [0.2, 0.25) is 15.9 Å². The smallest absolute Gasteiger partial charge is 0.223 e. The number of rotatable bonds is 13. The van der Waals surface area contributed by atoms with Crippen LogP contribution in [0.5, 0.6) is 0 Å². The quantitative estimate of drug-likeness (QED) is 0.352. The summed E-state index contributed by atoms with van der Waals surface area (Å²) >= 11 is 3.33. The van der Waals surface area contributed by atoms with Gasteiger partial charge in [-0.25, -0.2) is 13.1 Å². The van der Waals surface area contributed by atoms with Crippen molar-refractivity contribution in [2.24, 2.45) is 0 Å². The molecule has 0 aliphatic rings. The molecule has 0 aliphatic carbocycles. The molecule has 0 aliphatic heterocycles. The highest BCUT2D eigenvalue weighted by atomic mass is 32.2. The molecule has 3 rings (SSSR count). The number of unbranched alkanes of at least 4 members (excludes halogenated alkanes) is 2. The predicted octanol–water partition coefficient (Wildman–Crippen LogP) is 5.02. The third-order valence-electron chi connectivity index (χ3n) is 4.80. The molecular weight excluding hydrogens is 448 g/mol. The van der Waals surface area contributed by atoms with E-state index < -0.39 is 10.0 Å². The van der Waals surface area contributed by atoms with Gasteiger partial charge in [-0.3, -0.25) is 4.79 Å². The van der Waals surface area contributed by atoms with E-state index in [2.05, 4.69) is 16.9 Å². The number of sulfonamides is 1. The lowest BCUT2D eigenvalue weighted by molar-refractivity contribution is -0.132. The maximum absolute atomic E-state index is 12.8. The summed E-state index contributed by atoms with van der Waals surface area (Å²) in [6.07, 6.45) is 2.76. The van der Waals surface area contributed by atoms with Crippen LogP contribution in [0.4, 0.5) is 0 Å². The monoisotopic (exact) mass is 476 g/mol. The minimum absolute atomic E-state index is 0.00722. The normalized spacial score (nSPS) is 11.5. The van der Waals surface area contributed by atoms with Crippen molar-refractivity contribution in [1.82, 2.24) is 9.62 Å². The molecule has 0 bridgehead atoms. The van der Waals surface area contributed by atoms with Crippen LogP contribution in [-0.4, -0.2) is 25.8 Å². The van der Waals surface area contributed by atoms with Gasteiger partial charge < -0.3 is 4.90 Å². The van der Waals surface area contributed by atoms with Gasteiger partial charge in [0.1, 0.15) is 0 Å². The molecule has 5 nitrogen and oxygen atoms in total. The topological polar surface area (TPSA) is 66.5 Å². The molecule has 166 valence electrons. The Morgan fingerprint density at radius 3 is 2.06 bits per heavy atom. The van der Waals surface area contributed by atoms with Gasteiger partial charge >= 0.3 is 0 Å². The lowest BCUT2D eigenvalue weighted by Gasteiger charge is -2.21. The van der Waals surface area contributed by atoms with Crippen molar-refractivity contribution in [2.45, 2.75) is 44.5 Å². The lowest BCUT2D eigenvalue weighted by Crippen LogP contribution is -2.29. The molecule has 1 N–H and O–H groups in total. The average molecular weight is 477 g/mol. The summed E-state index contributed by atoms with van der Waals surface area (Å²) in [5.74, 6) is 0.138. The molecule has 8 heteroatoms. The Morgan fingerprint density at radius 1 is 0.839 bits per heavy atom. The zero-order valence-electron chi connectivity index (χ0n) is 17.4. The van der Waals surface area contributed by atoms with Crippen LogP contribution in [0.1, 0.15) is 41.0 Å². The first-order valence-electron chi connectivity index (χ1n) is 10.4. The highest BCUT2D eigenvalue weighted by Crippen LogP contribution is 2.18. The van der Waals surface area contributed by atoms with Gasteiger partial charge in [0, 0.05) is 22.7 Å². The van der Waals surface area contributed by atoms with E-state index in [4.69, 9.17) is 0 Å². The fraction of sp³-hybridized carbons (Fsp3) is 0.348. The van der Waals surface area contributed by atoms with E-state index in [9.17, 15) is 13.2 Å². The number of nitrogens with one attached hydrogen (secondary N) is 1. The molecule has 0 fully saturated rings. The Morgan fingerprint density at radius 2 is 1.48 bits per heavy atom. The van der Waals surface area contributed by atoms with Crippen molar-refractivity contribution in [2.75, 3.05) is 6.54 Å². The number of benzene rings is 1. The second-order valence-corrected chi connectivity index (χ2v) is 11.2. The van der Waals surface area contributed by atoms with Crippen LogP contribution in [-0.2, 0) is 33.7 Å². The number of carbonyl (C=O) groups is 1. The molecule has 1 amide bonds. The molecule has 0 atom stereocenters. The summed E-state index contributed by atoms with van der Waals surface area (Å²) in [5.41, 5.74) is 0.775. The number of hydrogen-bond donors (Lipinski definition) is 1. The summed E-state index contributed by atoms with van der Waals surface area (Å²) in [4.78, 5) is 17.1. The van der Waals surface area contributed by atoms with Crippen LogP contribution in [0.3, 0.4) is 0 Å². The van der Waals surface area contributed by atoms with Crippen LogP contribution in [0.2, 0.25) is 0 Å². The first-order chi connectivity index (χ1) is 15.0. The zero-order chi connectivity index (χ0) is 21.9. The van der Waals surface area contributed by atoms with Crippen LogP contribution in [0.25, 0.3) is 0 Å². The van der Waals surface area contributed by atoms with E-state index in [1.807, 2.05) is 58.1 Å². The Kier molecular flexibility index (Phi) is 9.27. The van der Waals surface area contributed by atoms with Gasteiger partial charge in [-0.2, -0.15) is 0 Å². The number of carbonyl (C=O) groups excluding carboxylic acids is 1. The Bertz CT molecular complexity index is 966. The number of amides is 1. The van der Waals surface area contributed by atoms with Crippen molar-refractivity contribution in [3.8, 4) is 0 Å². The highest BCUT2D eigenvalue weighted by molar-refractivity contribution is 7.88. The number of nitrogens with zero attached hydrogens (tertiary/aromatic N) is 1. The fourth-order valence-corrected chi connectivity index (χ4v) is 5.85. The van der Waals surface area contributed by atoms with Crippen LogP contribution in [0.15, 0.2) is 65.4 Å². The van der Waals surface area contributed by atoms with Gasteiger partial charge in [0.05, 0.1) is 18.8 Å². The van der Waals surface area contributed by atoms with Gasteiger partial charge in [-0.05, 0) is 41.3 Å². The van der Waals surface area contributed by atoms with E-state index in [0.29, 0.717) is 26.1 Å². The van der Waals surface area contributed by atoms with E-state index in [-0.39, 0.29) is 11.7 Å². The van der Waals surface area contributed by atoms with Gasteiger partial charge in [-0.1, -0.05) is 48.9 Å². The van der Waals surface area contributed by atoms with E-state index in [1.165, 1.54) is 9.75 Å². The molecule has 0 saturated carbocycles. The summed E-state index contributed by atoms with van der Waals surface area (Å²) in [6.45, 7) is 1.67. The van der Waals surface area contributed by atoms with Gasteiger partial charge in [0.15, 0.2) is 0 Å². The molecule has 1 aromatic carbocycles. The largest absolute Gasteiger partial charge is 0.332 e. The average Bonchev–Trinajstić information content (AvgIpc) is 3.44. The number of hydrogen-bond acceptors (Lipinski definition) is 5. The zero-order valence-corrected chi connectivity index (χ0v) is 19.9. The Labute approximate surface area is 192 Å². The van der Waals surface area contributed by atoms with Crippen LogP contribution < -0.4 is 4.72 Å². The second kappa shape index (κ2) is 12.1. The van der Waals surface area contributed by atoms with Crippen molar-refractivity contribution in [1.29, 1.82) is 0 Å². The SMILES string of the molecule is O=C(CCCCCNS(=O)(=O)Cc1ccccc1)N(Cc1cccs1)Cc1cccs1. The highest BCUT2D eigenvalue weighted by Gasteiger charge is 2.16. The van der Waals surface area contributed by atoms with Gasteiger partial charge in [-0.15, -0.1) is 22.7 Å². The van der Waals surface area contributed by atoms with Gasteiger partial charge in [0.25, 0.3) is 0 Å². The molecule has 0 saturated heterocycles. The first-order valence-corrected chi connectivity index (χ1v) is 13.8. The summed E-state index contributed by atoms with van der Waals surface area (Å²) in [5, 5.41) is 4.06. The second-order valence-electron chi connectivity index (χ2n) is 7.36. The van der Waals surface area contributed by atoms with Crippen molar-refractivity contribution in [3.05, 3.63) is 80.7 Å². The maximum atomic E-state index is 12.8. The molecule has 2 aromatic heterocycles. The fourth-order valence-electron chi connectivity index (χ4n) is 3.22. The molecule has 0 unspecified atom stereocenters. The molecule has 31 heavy (non-hydrogen) atoms. The minimum atomic E-state index is -3.33. The minimum Gasteiger partial charge on any atom is -0.332 e. The maximum Gasteiger partial charge on any atom is 0.223 e. The summed E-state index contributed by atoms with van der Waals surface area (Å²) in [7, 11) is -3.33. The van der Waals surface area contributed by atoms with Crippen molar-refractivity contribution >= 4 is 38.6 Å². The molecule has 2 heterocycles. The Hall–Kier alpha value is -2.00. The predicted molar refractivity (Wildman–Crippen MR) is 128 cm³/mol. The van der Waals surface area contributed by atoms with E-state index in [0.717, 1.165) is 24.8 Å². The summed E-state index contributed by atoms with van der Waals surface area (Å²) < 4.78 is 27.0. The first kappa shape index (κ1) is 23.7. The lowest BCUT2D eigenvalue weighted by atomic mass is 10.1. The molecule has 3 aromatic rings. The van der Waals surface area contributed by atoms with E-state index in [1.54, 1.807) is 22.7 Å². The Balaban J connectivity index is 1.38. The summed E-state index contributed by atoms with van der Waals surface area (Å²) in [6, 6.07) is 17.3. The molecule has 0 radical (unpaired) electrons. The molecule has 0 spiro atoms.